The Kier molecular flexibility index (Phi) is 3.31. The minimum absolute atomic E-state index is 0.295. The topological polar surface area (TPSA) is 95.9 Å². The molecule has 0 aromatic rings. The Morgan fingerprint density at radius 2 is 2.13 bits per heavy atom. The Labute approximate surface area is 86.5 Å². The Bertz CT molecular complexity index is 312. The molecule has 3 N–H and O–H groups in total. The van der Waals surface area contributed by atoms with Gasteiger partial charge in [-0.05, 0) is 13.0 Å². The summed E-state index contributed by atoms with van der Waals surface area (Å²) in [4.78, 5) is 21.4. The molecule has 0 bridgehead atoms. The van der Waals surface area contributed by atoms with Gasteiger partial charge in [0.05, 0.1) is 12.1 Å². The number of hydrogen-bond acceptors (Lipinski definition) is 4. The lowest BCUT2D eigenvalue weighted by molar-refractivity contribution is -0.139. The van der Waals surface area contributed by atoms with Crippen molar-refractivity contribution in [2.24, 2.45) is 0 Å². The van der Waals surface area contributed by atoms with E-state index < -0.39 is 24.2 Å². The SMILES string of the molecule is CC(=O)N[C@H]1[C@H](C)OC(C(=O)O)=C[C@@H]1O. The van der Waals surface area contributed by atoms with Gasteiger partial charge in [-0.15, -0.1) is 0 Å². The zero-order valence-electron chi connectivity index (χ0n) is 8.43. The van der Waals surface area contributed by atoms with Crippen LogP contribution in [0.15, 0.2) is 11.8 Å². The molecule has 84 valence electrons. The predicted molar refractivity (Wildman–Crippen MR) is 49.9 cm³/mol. The summed E-state index contributed by atoms with van der Waals surface area (Å²) in [5.74, 6) is -1.83. The van der Waals surface area contributed by atoms with Gasteiger partial charge in [-0.2, -0.15) is 0 Å². The highest BCUT2D eigenvalue weighted by molar-refractivity contribution is 5.84. The number of nitrogens with one attached hydrogen (secondary N) is 1. The Balaban J connectivity index is 2.80. The van der Waals surface area contributed by atoms with E-state index in [1.54, 1.807) is 6.92 Å². The van der Waals surface area contributed by atoms with Crippen LogP contribution in [-0.2, 0) is 14.3 Å². The summed E-state index contributed by atoms with van der Waals surface area (Å²) in [6, 6.07) is -0.620. The lowest BCUT2D eigenvalue weighted by Gasteiger charge is -2.32. The second kappa shape index (κ2) is 4.31. The lowest BCUT2D eigenvalue weighted by Crippen LogP contribution is -2.52. The first kappa shape index (κ1) is 11.5. The van der Waals surface area contributed by atoms with Crippen LogP contribution in [0.5, 0.6) is 0 Å². The average molecular weight is 215 g/mol. The summed E-state index contributed by atoms with van der Waals surface area (Å²) in [6.07, 6.45) is -0.563. The van der Waals surface area contributed by atoms with E-state index in [2.05, 4.69) is 5.32 Å². The van der Waals surface area contributed by atoms with Gasteiger partial charge < -0.3 is 20.3 Å². The summed E-state index contributed by atoms with van der Waals surface area (Å²) < 4.78 is 5.02. The third-order valence-electron chi connectivity index (χ3n) is 2.09. The quantitative estimate of drug-likeness (QED) is 0.562. The van der Waals surface area contributed by atoms with Crippen molar-refractivity contribution in [3.8, 4) is 0 Å². The largest absolute Gasteiger partial charge is 0.481 e. The number of amides is 1. The van der Waals surface area contributed by atoms with Crippen LogP contribution >= 0.6 is 0 Å². The van der Waals surface area contributed by atoms with Crippen molar-refractivity contribution in [3.05, 3.63) is 11.8 Å². The molecular weight excluding hydrogens is 202 g/mol. The van der Waals surface area contributed by atoms with Gasteiger partial charge in [-0.3, -0.25) is 4.79 Å². The molecular formula is C9H13NO5. The first-order valence-corrected chi connectivity index (χ1v) is 4.48. The van der Waals surface area contributed by atoms with Crippen molar-refractivity contribution < 1.29 is 24.5 Å². The maximum absolute atomic E-state index is 10.8. The highest BCUT2D eigenvalue weighted by Crippen LogP contribution is 2.18. The van der Waals surface area contributed by atoms with Crippen LogP contribution in [0, 0.1) is 0 Å². The van der Waals surface area contributed by atoms with E-state index in [-0.39, 0.29) is 11.7 Å². The van der Waals surface area contributed by atoms with Crippen LogP contribution in [-0.4, -0.2) is 40.3 Å². The Hall–Kier alpha value is -1.56. The number of carbonyl (C=O) groups excluding carboxylic acids is 1. The monoisotopic (exact) mass is 215 g/mol. The van der Waals surface area contributed by atoms with Crippen LogP contribution in [0.1, 0.15) is 13.8 Å². The van der Waals surface area contributed by atoms with Gasteiger partial charge in [-0.25, -0.2) is 4.79 Å². The molecule has 0 unspecified atom stereocenters. The van der Waals surface area contributed by atoms with E-state index >= 15 is 0 Å². The molecule has 6 nitrogen and oxygen atoms in total. The summed E-state index contributed by atoms with van der Waals surface area (Å²) in [5.41, 5.74) is 0. The van der Waals surface area contributed by atoms with Gasteiger partial charge in [0.1, 0.15) is 6.10 Å². The zero-order valence-corrected chi connectivity index (χ0v) is 8.43. The fourth-order valence-corrected chi connectivity index (χ4v) is 1.41. The second-order valence-electron chi connectivity index (χ2n) is 3.38. The van der Waals surface area contributed by atoms with Crippen LogP contribution in [0.4, 0.5) is 0 Å². The molecule has 1 aliphatic rings. The number of ether oxygens (including phenoxy) is 1. The van der Waals surface area contributed by atoms with E-state index in [0.717, 1.165) is 6.08 Å². The first-order chi connectivity index (χ1) is 6.91. The van der Waals surface area contributed by atoms with Crippen molar-refractivity contribution in [3.63, 3.8) is 0 Å². The molecule has 0 saturated carbocycles. The number of aliphatic hydroxyl groups excluding tert-OH is 1. The molecule has 6 heteroatoms. The van der Waals surface area contributed by atoms with Gasteiger partial charge in [-0.1, -0.05) is 0 Å². The smallest absolute Gasteiger partial charge is 0.370 e. The number of rotatable bonds is 2. The van der Waals surface area contributed by atoms with Gasteiger partial charge in [0, 0.05) is 6.92 Å². The molecule has 0 fully saturated rings. The molecule has 0 aliphatic carbocycles. The van der Waals surface area contributed by atoms with E-state index in [1.807, 2.05) is 0 Å². The van der Waals surface area contributed by atoms with Gasteiger partial charge in [0.25, 0.3) is 0 Å². The molecule has 0 spiro atoms. The number of carboxylic acids is 1. The van der Waals surface area contributed by atoms with E-state index in [1.165, 1.54) is 6.92 Å². The number of carbonyl (C=O) groups is 2. The van der Waals surface area contributed by atoms with Crippen molar-refractivity contribution >= 4 is 11.9 Å². The van der Waals surface area contributed by atoms with Crippen LogP contribution in [0.2, 0.25) is 0 Å². The van der Waals surface area contributed by atoms with E-state index in [9.17, 15) is 14.7 Å². The molecule has 3 atom stereocenters. The van der Waals surface area contributed by atoms with Crippen LogP contribution in [0.25, 0.3) is 0 Å². The van der Waals surface area contributed by atoms with Gasteiger partial charge in [0.2, 0.25) is 11.7 Å². The number of aliphatic carboxylic acids is 1. The standard InChI is InChI=1S/C9H13NO5/c1-4-8(10-5(2)11)6(12)3-7(15-4)9(13)14/h3-4,6,8,12H,1-2H3,(H,10,11)(H,13,14)/t4-,6-,8-/m0/s1. The molecule has 1 amide bonds. The fourth-order valence-electron chi connectivity index (χ4n) is 1.41. The first-order valence-electron chi connectivity index (χ1n) is 4.48. The Morgan fingerprint density at radius 1 is 1.53 bits per heavy atom. The highest BCUT2D eigenvalue weighted by Gasteiger charge is 2.33. The molecule has 0 saturated heterocycles. The normalized spacial score (nSPS) is 30.1. The molecule has 1 heterocycles. The third kappa shape index (κ3) is 2.69. The Morgan fingerprint density at radius 3 is 2.53 bits per heavy atom. The fraction of sp³-hybridized carbons (Fsp3) is 0.556. The van der Waals surface area contributed by atoms with Crippen molar-refractivity contribution in [2.75, 3.05) is 0 Å². The predicted octanol–water partition coefficient (Wildman–Crippen LogP) is -0.761. The molecule has 0 aromatic heterocycles. The van der Waals surface area contributed by atoms with Crippen molar-refractivity contribution in [1.82, 2.24) is 5.32 Å². The summed E-state index contributed by atoms with van der Waals surface area (Å²) in [7, 11) is 0. The molecule has 0 aromatic carbocycles. The van der Waals surface area contributed by atoms with Gasteiger partial charge in [0.15, 0.2) is 0 Å². The maximum Gasteiger partial charge on any atom is 0.370 e. The molecule has 15 heavy (non-hydrogen) atoms. The average Bonchev–Trinajstić information content (AvgIpc) is 2.10. The van der Waals surface area contributed by atoms with Crippen molar-refractivity contribution in [2.45, 2.75) is 32.1 Å². The number of aliphatic hydroxyl groups is 1. The summed E-state index contributed by atoms with van der Waals surface area (Å²) in [5, 5.41) is 20.7. The summed E-state index contributed by atoms with van der Waals surface area (Å²) in [6.45, 7) is 2.90. The third-order valence-corrected chi connectivity index (χ3v) is 2.09. The highest BCUT2D eigenvalue weighted by atomic mass is 16.5. The summed E-state index contributed by atoms with van der Waals surface area (Å²) >= 11 is 0. The maximum atomic E-state index is 10.8. The minimum Gasteiger partial charge on any atom is -0.481 e. The molecule has 0 radical (unpaired) electrons. The van der Waals surface area contributed by atoms with E-state index in [0.29, 0.717) is 0 Å². The zero-order chi connectivity index (χ0) is 11.6. The lowest BCUT2D eigenvalue weighted by atomic mass is 10.0. The second-order valence-corrected chi connectivity index (χ2v) is 3.38. The minimum atomic E-state index is -1.23. The van der Waals surface area contributed by atoms with E-state index in [4.69, 9.17) is 9.84 Å². The van der Waals surface area contributed by atoms with Gasteiger partial charge >= 0.3 is 5.97 Å². The molecule has 1 rings (SSSR count). The molecule has 1 aliphatic heterocycles. The van der Waals surface area contributed by atoms with Crippen molar-refractivity contribution in [1.29, 1.82) is 0 Å². The van der Waals surface area contributed by atoms with Crippen LogP contribution < -0.4 is 5.32 Å². The number of carboxylic acid groups (broad SMARTS) is 1. The number of hydrogen-bond donors (Lipinski definition) is 3. The van der Waals surface area contributed by atoms with Crippen LogP contribution in [0.3, 0.4) is 0 Å².